The van der Waals surface area contributed by atoms with E-state index >= 15 is 0 Å². The molecule has 10 rings (SSSR count). The van der Waals surface area contributed by atoms with Crippen molar-refractivity contribution >= 4 is 53.9 Å². The second-order valence-corrected chi connectivity index (χ2v) is 11.6. The normalized spacial score (nSPS) is 12.4. The van der Waals surface area contributed by atoms with Gasteiger partial charge in [-0.15, -0.1) is 0 Å². The van der Waals surface area contributed by atoms with E-state index in [-0.39, 0.29) is 0 Å². The molecule has 1 nitrogen and oxygen atoms in total. The Morgan fingerprint density at radius 1 is 0.302 bits per heavy atom. The zero-order valence-corrected chi connectivity index (χ0v) is 23.3. The van der Waals surface area contributed by atoms with Crippen LogP contribution in [0.3, 0.4) is 0 Å². The standard InChI is InChI=1S/C42H24O/c1-2-10-30-25(6-1)7-4-11-31(30)29-18-22-38-37(24-29)35-13-5-12-34-33(21-23-39(43-38)42(34)35)32-19-16-28-15-14-26-8-3-9-27-17-20-36(32)41(28)40(26)27/h1-24H. The Labute approximate surface area is 248 Å². The van der Waals surface area contributed by atoms with Crippen LogP contribution in [-0.4, -0.2) is 0 Å². The van der Waals surface area contributed by atoms with E-state index in [0.29, 0.717) is 0 Å². The van der Waals surface area contributed by atoms with Crippen molar-refractivity contribution in [3.63, 3.8) is 0 Å². The van der Waals surface area contributed by atoms with Gasteiger partial charge in [0.05, 0.1) is 0 Å². The summed E-state index contributed by atoms with van der Waals surface area (Å²) in [5, 5.41) is 12.7. The van der Waals surface area contributed by atoms with Gasteiger partial charge in [0.1, 0.15) is 11.5 Å². The molecule has 198 valence electrons. The summed E-state index contributed by atoms with van der Waals surface area (Å²) in [5.74, 6) is 1.82. The van der Waals surface area contributed by atoms with E-state index in [0.717, 1.165) is 17.1 Å². The fourth-order valence-corrected chi connectivity index (χ4v) is 7.48. The third-order valence-corrected chi connectivity index (χ3v) is 9.41. The molecule has 1 heterocycles. The molecule has 9 aromatic carbocycles. The molecule has 0 spiro atoms. The van der Waals surface area contributed by atoms with Crippen LogP contribution in [-0.2, 0) is 0 Å². The lowest BCUT2D eigenvalue weighted by molar-refractivity contribution is 0.487. The van der Waals surface area contributed by atoms with Gasteiger partial charge in [-0.2, -0.15) is 0 Å². The van der Waals surface area contributed by atoms with Crippen LogP contribution in [0.5, 0.6) is 11.5 Å². The number of fused-ring (bicyclic) bond motifs is 3. The molecule has 0 aliphatic carbocycles. The second-order valence-electron chi connectivity index (χ2n) is 11.6. The van der Waals surface area contributed by atoms with Gasteiger partial charge in [0, 0.05) is 10.9 Å². The van der Waals surface area contributed by atoms with Crippen molar-refractivity contribution < 1.29 is 4.74 Å². The second kappa shape index (κ2) is 8.44. The molecule has 1 aliphatic heterocycles. The number of rotatable bonds is 2. The summed E-state index contributed by atoms with van der Waals surface area (Å²) in [4.78, 5) is 0. The SMILES string of the molecule is c1ccc2c(-c3ccc4c(c3)-c3cccc5c(-c6ccc7ccc8cccc9ccc6c7c89)ccc(c35)O4)cccc2c1. The molecule has 0 bridgehead atoms. The predicted octanol–water partition coefficient (Wildman–Crippen LogP) is 12.0. The maximum atomic E-state index is 6.60. The molecule has 9 aromatic rings. The summed E-state index contributed by atoms with van der Waals surface area (Å²) in [7, 11) is 0. The van der Waals surface area contributed by atoms with Gasteiger partial charge in [0.25, 0.3) is 0 Å². The fraction of sp³-hybridized carbons (Fsp3) is 0. The lowest BCUT2D eigenvalue weighted by atomic mass is 9.86. The molecule has 0 radical (unpaired) electrons. The van der Waals surface area contributed by atoms with E-state index in [2.05, 4.69) is 146 Å². The van der Waals surface area contributed by atoms with E-state index in [1.54, 1.807) is 0 Å². The van der Waals surface area contributed by atoms with Gasteiger partial charge in [-0.05, 0) is 94.5 Å². The zero-order valence-electron chi connectivity index (χ0n) is 23.3. The molecule has 0 saturated carbocycles. The smallest absolute Gasteiger partial charge is 0.135 e. The molecule has 0 fully saturated rings. The van der Waals surface area contributed by atoms with E-state index in [1.807, 2.05) is 0 Å². The molecule has 0 amide bonds. The minimum absolute atomic E-state index is 0.902. The quantitative estimate of drug-likeness (QED) is 0.197. The lowest BCUT2D eigenvalue weighted by Crippen LogP contribution is -1.98. The fourth-order valence-electron chi connectivity index (χ4n) is 7.48. The summed E-state index contributed by atoms with van der Waals surface area (Å²) in [6.45, 7) is 0. The highest BCUT2D eigenvalue weighted by Gasteiger charge is 2.23. The van der Waals surface area contributed by atoms with Crippen LogP contribution in [0.15, 0.2) is 146 Å². The summed E-state index contributed by atoms with van der Waals surface area (Å²) < 4.78 is 6.60. The lowest BCUT2D eigenvalue weighted by Gasteiger charge is -2.24. The molecule has 0 aromatic heterocycles. The maximum absolute atomic E-state index is 6.60. The number of ether oxygens (including phenoxy) is 1. The number of benzene rings is 9. The van der Waals surface area contributed by atoms with Crippen LogP contribution in [0, 0.1) is 0 Å². The summed E-state index contributed by atoms with van der Waals surface area (Å²) >= 11 is 0. The van der Waals surface area contributed by atoms with Crippen LogP contribution in [0.4, 0.5) is 0 Å². The summed E-state index contributed by atoms with van der Waals surface area (Å²) in [5.41, 5.74) is 7.27. The van der Waals surface area contributed by atoms with E-state index < -0.39 is 0 Å². The highest BCUT2D eigenvalue weighted by atomic mass is 16.5. The van der Waals surface area contributed by atoms with Crippen LogP contribution in [0.2, 0.25) is 0 Å². The molecule has 0 atom stereocenters. The first kappa shape index (κ1) is 23.0. The molecule has 0 saturated heterocycles. The van der Waals surface area contributed by atoms with Crippen LogP contribution in [0.25, 0.3) is 87.2 Å². The molecule has 0 N–H and O–H groups in total. The molecule has 0 unspecified atom stereocenters. The number of hydrogen-bond donors (Lipinski definition) is 0. The Bertz CT molecular complexity index is 2570. The zero-order chi connectivity index (χ0) is 28.1. The van der Waals surface area contributed by atoms with E-state index in [4.69, 9.17) is 4.74 Å². The van der Waals surface area contributed by atoms with Gasteiger partial charge in [-0.3, -0.25) is 0 Å². The van der Waals surface area contributed by atoms with Crippen molar-refractivity contribution in [2.24, 2.45) is 0 Å². The van der Waals surface area contributed by atoms with E-state index in [1.165, 1.54) is 81.7 Å². The Hall–Kier alpha value is -5.66. The van der Waals surface area contributed by atoms with Crippen molar-refractivity contribution in [1.29, 1.82) is 0 Å². The first-order valence-electron chi connectivity index (χ1n) is 14.8. The summed E-state index contributed by atoms with van der Waals surface area (Å²) in [6, 6.07) is 53.1. The Kier molecular flexibility index (Phi) is 4.51. The average molecular weight is 545 g/mol. The van der Waals surface area contributed by atoms with Crippen LogP contribution in [0.1, 0.15) is 0 Å². The maximum Gasteiger partial charge on any atom is 0.135 e. The van der Waals surface area contributed by atoms with Gasteiger partial charge < -0.3 is 4.74 Å². The summed E-state index contributed by atoms with van der Waals surface area (Å²) in [6.07, 6.45) is 0. The van der Waals surface area contributed by atoms with Crippen molar-refractivity contribution in [2.45, 2.75) is 0 Å². The Morgan fingerprint density at radius 3 is 1.81 bits per heavy atom. The van der Waals surface area contributed by atoms with Gasteiger partial charge in [0.15, 0.2) is 0 Å². The first-order chi connectivity index (χ1) is 21.3. The highest BCUT2D eigenvalue weighted by molar-refractivity contribution is 6.26. The minimum atomic E-state index is 0.902. The van der Waals surface area contributed by atoms with Gasteiger partial charge in [0.2, 0.25) is 0 Å². The third-order valence-electron chi connectivity index (χ3n) is 9.41. The van der Waals surface area contributed by atoms with E-state index in [9.17, 15) is 0 Å². The van der Waals surface area contributed by atoms with Crippen molar-refractivity contribution in [2.75, 3.05) is 0 Å². The highest BCUT2D eigenvalue weighted by Crippen LogP contribution is 2.50. The van der Waals surface area contributed by atoms with Gasteiger partial charge >= 0.3 is 0 Å². The van der Waals surface area contributed by atoms with Crippen molar-refractivity contribution in [1.82, 2.24) is 0 Å². The molecule has 1 aliphatic rings. The predicted molar refractivity (Wildman–Crippen MR) is 182 cm³/mol. The van der Waals surface area contributed by atoms with Gasteiger partial charge in [-0.25, -0.2) is 0 Å². The van der Waals surface area contributed by atoms with Crippen LogP contribution >= 0.6 is 0 Å². The first-order valence-corrected chi connectivity index (χ1v) is 14.8. The molecular weight excluding hydrogens is 520 g/mol. The van der Waals surface area contributed by atoms with Gasteiger partial charge in [-0.1, -0.05) is 127 Å². The van der Waals surface area contributed by atoms with Crippen molar-refractivity contribution in [3.05, 3.63) is 146 Å². The minimum Gasteiger partial charge on any atom is -0.456 e. The molecular formula is C42H24O. The van der Waals surface area contributed by atoms with Crippen LogP contribution < -0.4 is 4.74 Å². The monoisotopic (exact) mass is 544 g/mol. The van der Waals surface area contributed by atoms with Crippen molar-refractivity contribution in [3.8, 4) is 44.9 Å². The average Bonchev–Trinajstić information content (AvgIpc) is 3.07. The Balaban J connectivity index is 1.21. The molecule has 43 heavy (non-hydrogen) atoms. The largest absolute Gasteiger partial charge is 0.456 e. The topological polar surface area (TPSA) is 9.23 Å². The number of hydrogen-bond acceptors (Lipinski definition) is 1. The third kappa shape index (κ3) is 3.17. The Morgan fingerprint density at radius 2 is 0.907 bits per heavy atom. The molecule has 1 heteroatoms.